The summed E-state index contributed by atoms with van der Waals surface area (Å²) in [6.45, 7) is 2.33. The SMILES string of the molecule is Cc1ccc(OCCN2C(=O)S/C(=C\c3ccccc3F)C2=O)cc1. The van der Waals surface area contributed by atoms with Gasteiger partial charge in [0.2, 0.25) is 0 Å². The van der Waals surface area contributed by atoms with Crippen molar-refractivity contribution in [3.8, 4) is 5.75 Å². The number of hydrogen-bond donors (Lipinski definition) is 0. The molecular formula is C19H16FNO3S. The molecule has 4 nitrogen and oxygen atoms in total. The van der Waals surface area contributed by atoms with E-state index in [0.717, 1.165) is 22.2 Å². The number of carbonyl (C=O) groups excluding carboxylic acids is 2. The summed E-state index contributed by atoms with van der Waals surface area (Å²) < 4.78 is 19.3. The third kappa shape index (κ3) is 4.09. The van der Waals surface area contributed by atoms with Gasteiger partial charge in [-0.1, -0.05) is 35.9 Å². The van der Waals surface area contributed by atoms with Gasteiger partial charge in [-0.25, -0.2) is 4.39 Å². The second-order valence-electron chi connectivity index (χ2n) is 5.52. The van der Waals surface area contributed by atoms with Crippen molar-refractivity contribution in [1.82, 2.24) is 4.90 Å². The fourth-order valence-electron chi connectivity index (χ4n) is 2.32. The number of carbonyl (C=O) groups is 2. The summed E-state index contributed by atoms with van der Waals surface area (Å²) in [6.07, 6.45) is 1.40. The molecule has 2 aromatic rings. The lowest BCUT2D eigenvalue weighted by Gasteiger charge is -2.13. The monoisotopic (exact) mass is 357 g/mol. The van der Waals surface area contributed by atoms with E-state index in [9.17, 15) is 14.0 Å². The maximum absolute atomic E-state index is 13.7. The van der Waals surface area contributed by atoms with Crippen LogP contribution < -0.4 is 4.74 Å². The zero-order chi connectivity index (χ0) is 17.8. The van der Waals surface area contributed by atoms with Crippen LogP contribution in [-0.2, 0) is 4.79 Å². The summed E-state index contributed by atoms with van der Waals surface area (Å²) in [5, 5.41) is -0.375. The molecule has 0 aliphatic carbocycles. The summed E-state index contributed by atoms with van der Waals surface area (Å²) in [5.74, 6) is -0.178. The minimum Gasteiger partial charge on any atom is -0.492 e. The van der Waals surface area contributed by atoms with Gasteiger partial charge in [-0.2, -0.15) is 0 Å². The summed E-state index contributed by atoms with van der Waals surface area (Å²) >= 11 is 0.810. The van der Waals surface area contributed by atoms with Crippen molar-refractivity contribution >= 4 is 29.0 Å². The molecule has 128 valence electrons. The molecule has 0 bridgehead atoms. The van der Waals surface area contributed by atoms with Crippen molar-refractivity contribution in [2.24, 2.45) is 0 Å². The molecule has 1 saturated heterocycles. The number of thioether (sulfide) groups is 1. The van der Waals surface area contributed by atoms with Gasteiger partial charge >= 0.3 is 0 Å². The third-order valence-electron chi connectivity index (χ3n) is 3.67. The van der Waals surface area contributed by atoms with E-state index in [-0.39, 0.29) is 28.9 Å². The van der Waals surface area contributed by atoms with E-state index >= 15 is 0 Å². The van der Waals surface area contributed by atoms with E-state index in [0.29, 0.717) is 5.75 Å². The van der Waals surface area contributed by atoms with Crippen LogP contribution in [0.3, 0.4) is 0 Å². The summed E-state index contributed by atoms with van der Waals surface area (Å²) in [6, 6.07) is 13.6. The number of amides is 2. The number of rotatable bonds is 5. The highest BCUT2D eigenvalue weighted by atomic mass is 32.2. The first-order valence-electron chi connectivity index (χ1n) is 7.74. The van der Waals surface area contributed by atoms with Crippen LogP contribution in [0.1, 0.15) is 11.1 Å². The predicted molar refractivity (Wildman–Crippen MR) is 95.8 cm³/mol. The Hall–Kier alpha value is -2.60. The Balaban J connectivity index is 1.63. The van der Waals surface area contributed by atoms with Crippen LogP contribution >= 0.6 is 11.8 Å². The first-order chi connectivity index (χ1) is 12.0. The van der Waals surface area contributed by atoms with Crippen LogP contribution in [0.5, 0.6) is 5.75 Å². The Labute approximate surface area is 149 Å². The Morgan fingerprint density at radius 1 is 1.12 bits per heavy atom. The van der Waals surface area contributed by atoms with E-state index in [1.165, 1.54) is 12.1 Å². The Kier molecular flexibility index (Phi) is 5.19. The van der Waals surface area contributed by atoms with Crippen LogP contribution in [0.25, 0.3) is 6.08 Å². The van der Waals surface area contributed by atoms with Gasteiger partial charge < -0.3 is 4.74 Å². The number of aryl methyl sites for hydroxylation is 1. The minimum atomic E-state index is -0.433. The molecule has 1 aliphatic heterocycles. The van der Waals surface area contributed by atoms with Crippen LogP contribution in [0.2, 0.25) is 0 Å². The predicted octanol–water partition coefficient (Wildman–Crippen LogP) is 4.25. The maximum atomic E-state index is 13.7. The van der Waals surface area contributed by atoms with E-state index in [4.69, 9.17) is 4.74 Å². The normalized spacial score (nSPS) is 15.9. The van der Waals surface area contributed by atoms with Crippen molar-refractivity contribution in [2.75, 3.05) is 13.2 Å². The average molecular weight is 357 g/mol. The van der Waals surface area contributed by atoms with Crippen molar-refractivity contribution in [3.63, 3.8) is 0 Å². The van der Waals surface area contributed by atoms with Crippen LogP contribution in [0.15, 0.2) is 53.4 Å². The lowest BCUT2D eigenvalue weighted by molar-refractivity contribution is -0.123. The van der Waals surface area contributed by atoms with Gasteiger partial charge in [0.25, 0.3) is 11.1 Å². The molecule has 1 heterocycles. The van der Waals surface area contributed by atoms with Gasteiger partial charge in [0.15, 0.2) is 0 Å². The Morgan fingerprint density at radius 2 is 1.84 bits per heavy atom. The highest BCUT2D eigenvalue weighted by molar-refractivity contribution is 8.18. The van der Waals surface area contributed by atoms with Crippen molar-refractivity contribution in [2.45, 2.75) is 6.92 Å². The molecular weight excluding hydrogens is 341 g/mol. The topological polar surface area (TPSA) is 46.6 Å². The quantitative estimate of drug-likeness (QED) is 0.751. The number of hydrogen-bond acceptors (Lipinski definition) is 4. The number of halogens is 1. The molecule has 0 spiro atoms. The highest BCUT2D eigenvalue weighted by Gasteiger charge is 2.34. The smallest absolute Gasteiger partial charge is 0.293 e. The third-order valence-corrected chi connectivity index (χ3v) is 4.58. The molecule has 6 heteroatoms. The second-order valence-corrected chi connectivity index (χ2v) is 6.51. The van der Waals surface area contributed by atoms with E-state index in [2.05, 4.69) is 0 Å². The fourth-order valence-corrected chi connectivity index (χ4v) is 3.17. The molecule has 1 fully saturated rings. The molecule has 2 aromatic carbocycles. The van der Waals surface area contributed by atoms with Crippen molar-refractivity contribution in [1.29, 1.82) is 0 Å². The molecule has 3 rings (SSSR count). The molecule has 0 N–H and O–H groups in total. The molecule has 0 radical (unpaired) electrons. The van der Waals surface area contributed by atoms with E-state index in [1.54, 1.807) is 18.2 Å². The first kappa shape index (κ1) is 17.2. The van der Waals surface area contributed by atoms with Gasteiger partial charge in [0, 0.05) is 5.56 Å². The van der Waals surface area contributed by atoms with Gasteiger partial charge in [0.1, 0.15) is 18.2 Å². The zero-order valence-corrected chi connectivity index (χ0v) is 14.4. The van der Waals surface area contributed by atoms with Gasteiger partial charge in [-0.3, -0.25) is 14.5 Å². The molecule has 25 heavy (non-hydrogen) atoms. The molecule has 0 saturated carbocycles. The van der Waals surface area contributed by atoms with Crippen LogP contribution in [0.4, 0.5) is 9.18 Å². The number of imide groups is 1. The van der Waals surface area contributed by atoms with Crippen LogP contribution in [-0.4, -0.2) is 29.2 Å². The van der Waals surface area contributed by atoms with Gasteiger partial charge in [0.05, 0.1) is 11.4 Å². The number of benzene rings is 2. The Bertz CT molecular complexity index is 833. The van der Waals surface area contributed by atoms with Crippen molar-refractivity contribution in [3.05, 3.63) is 70.4 Å². The minimum absolute atomic E-state index is 0.146. The lowest BCUT2D eigenvalue weighted by Crippen LogP contribution is -2.32. The van der Waals surface area contributed by atoms with Gasteiger partial charge in [-0.05, 0) is 43.0 Å². The van der Waals surface area contributed by atoms with E-state index < -0.39 is 11.7 Å². The fraction of sp³-hybridized carbons (Fsp3) is 0.158. The molecule has 0 aromatic heterocycles. The van der Waals surface area contributed by atoms with Crippen LogP contribution in [0, 0.1) is 12.7 Å². The zero-order valence-electron chi connectivity index (χ0n) is 13.6. The summed E-state index contributed by atoms with van der Waals surface area (Å²) in [5.41, 5.74) is 1.40. The number of nitrogens with zero attached hydrogens (tertiary/aromatic N) is 1. The maximum Gasteiger partial charge on any atom is 0.293 e. The first-order valence-corrected chi connectivity index (χ1v) is 8.55. The summed E-state index contributed by atoms with van der Waals surface area (Å²) in [4.78, 5) is 25.7. The summed E-state index contributed by atoms with van der Waals surface area (Å²) in [7, 11) is 0. The molecule has 0 unspecified atom stereocenters. The Morgan fingerprint density at radius 3 is 2.56 bits per heavy atom. The average Bonchev–Trinajstić information content (AvgIpc) is 2.86. The molecule has 1 aliphatic rings. The van der Waals surface area contributed by atoms with Crippen molar-refractivity contribution < 1.29 is 18.7 Å². The molecule has 0 atom stereocenters. The largest absolute Gasteiger partial charge is 0.492 e. The lowest BCUT2D eigenvalue weighted by atomic mass is 10.2. The standard InChI is InChI=1S/C19H16FNO3S/c1-13-6-8-15(9-7-13)24-11-10-21-18(22)17(25-19(21)23)12-14-4-2-3-5-16(14)20/h2-9,12H,10-11H2,1H3/b17-12-. The molecule has 2 amide bonds. The second kappa shape index (κ2) is 7.53. The highest BCUT2D eigenvalue weighted by Crippen LogP contribution is 2.32. The van der Waals surface area contributed by atoms with E-state index in [1.807, 2.05) is 31.2 Å². The van der Waals surface area contributed by atoms with Gasteiger partial charge in [-0.15, -0.1) is 0 Å². The number of ether oxygens (including phenoxy) is 1.